The molecular formula is C28H38N2O4. The molecule has 6 rings (SSSR count). The number of rotatable bonds is 1. The van der Waals surface area contributed by atoms with Crippen LogP contribution in [0.15, 0.2) is 36.0 Å². The zero-order valence-corrected chi connectivity index (χ0v) is 20.8. The lowest BCUT2D eigenvalue weighted by Gasteiger charge is -2.57. The molecule has 0 aromatic rings. The zero-order chi connectivity index (χ0) is 23.7. The molecule has 1 saturated carbocycles. The Morgan fingerprint density at radius 2 is 1.88 bits per heavy atom. The number of piperidine rings is 1. The van der Waals surface area contributed by atoms with Crippen molar-refractivity contribution in [2.75, 3.05) is 19.6 Å². The Morgan fingerprint density at radius 1 is 1.09 bits per heavy atom. The molecule has 0 radical (unpaired) electrons. The highest BCUT2D eigenvalue weighted by Gasteiger charge is 2.72. The number of carbonyl (C=O) groups is 2. The minimum Gasteiger partial charge on any atom is -0.450 e. The first kappa shape index (κ1) is 22.4. The SMILES string of the molecule is CC(C)(C)OC(=O)N1CC(C23C=CC=CC=C2[C@@]2(CN4CCCC[C@H]42)OC3=O)C2CCCCC21. The van der Waals surface area contributed by atoms with Crippen LogP contribution in [0.25, 0.3) is 0 Å². The van der Waals surface area contributed by atoms with Crippen molar-refractivity contribution < 1.29 is 19.1 Å². The maximum atomic E-state index is 14.0. The number of ether oxygens (including phenoxy) is 2. The second kappa shape index (κ2) is 7.71. The van der Waals surface area contributed by atoms with Gasteiger partial charge in [-0.1, -0.05) is 49.6 Å². The van der Waals surface area contributed by atoms with E-state index in [0.717, 1.165) is 50.8 Å². The summed E-state index contributed by atoms with van der Waals surface area (Å²) in [4.78, 5) is 31.8. The first-order chi connectivity index (χ1) is 16.3. The van der Waals surface area contributed by atoms with Crippen LogP contribution in [0.5, 0.6) is 0 Å². The molecule has 34 heavy (non-hydrogen) atoms. The van der Waals surface area contributed by atoms with Crippen molar-refractivity contribution in [1.29, 1.82) is 0 Å². The van der Waals surface area contributed by atoms with Gasteiger partial charge in [0, 0.05) is 25.0 Å². The van der Waals surface area contributed by atoms with Crippen LogP contribution in [0.1, 0.15) is 65.7 Å². The largest absolute Gasteiger partial charge is 0.450 e. The third-order valence-electron chi connectivity index (χ3n) is 9.25. The fourth-order valence-corrected chi connectivity index (χ4v) is 7.96. The molecule has 6 atom stereocenters. The number of carbonyl (C=O) groups excluding carboxylic acids is 2. The Bertz CT molecular complexity index is 977. The number of allylic oxidation sites excluding steroid dienone is 4. The Kier molecular flexibility index (Phi) is 5.08. The standard InChI is InChI=1S/C28H38N2O4/c1-26(2,3)34-25(32)30-17-20(19-11-6-7-12-21(19)30)27-15-9-4-5-13-22(27)28(33-24(27)31)18-29-16-10-8-14-23(28)29/h4-5,9,13,15,19-21,23H,6-8,10-12,14,16-18H2,1-3H3/t19?,20?,21?,23-,27?,28+/m0/s1. The second-order valence-corrected chi connectivity index (χ2v) is 12.2. The lowest BCUT2D eigenvalue weighted by atomic mass is 9.58. The van der Waals surface area contributed by atoms with Gasteiger partial charge in [0.05, 0.1) is 6.04 Å². The molecular weight excluding hydrogens is 428 g/mol. The molecule has 1 amide bonds. The van der Waals surface area contributed by atoms with Gasteiger partial charge in [0.25, 0.3) is 0 Å². The number of amides is 1. The van der Waals surface area contributed by atoms with Crippen molar-refractivity contribution in [2.45, 2.75) is 89.0 Å². The number of hydrogen-bond donors (Lipinski definition) is 0. The summed E-state index contributed by atoms with van der Waals surface area (Å²) in [5, 5.41) is 0. The molecule has 0 aromatic carbocycles. The second-order valence-electron chi connectivity index (χ2n) is 12.2. The summed E-state index contributed by atoms with van der Waals surface area (Å²) in [7, 11) is 0. The van der Waals surface area contributed by atoms with Gasteiger partial charge in [0.2, 0.25) is 0 Å². The molecule has 4 saturated heterocycles. The molecule has 2 aliphatic carbocycles. The molecule has 4 aliphatic heterocycles. The molecule has 4 heterocycles. The molecule has 0 bridgehead atoms. The molecule has 5 fully saturated rings. The van der Waals surface area contributed by atoms with Gasteiger partial charge < -0.3 is 14.4 Å². The minimum absolute atomic E-state index is 0.0113. The van der Waals surface area contributed by atoms with Crippen molar-refractivity contribution in [3.8, 4) is 0 Å². The zero-order valence-electron chi connectivity index (χ0n) is 20.8. The van der Waals surface area contributed by atoms with Gasteiger partial charge in [-0.15, -0.1) is 0 Å². The summed E-state index contributed by atoms with van der Waals surface area (Å²) in [6.07, 6.45) is 17.9. The molecule has 4 unspecified atom stereocenters. The van der Waals surface area contributed by atoms with Crippen LogP contribution in [0, 0.1) is 17.3 Å². The summed E-state index contributed by atoms with van der Waals surface area (Å²) in [6.45, 7) is 8.19. The maximum absolute atomic E-state index is 14.0. The summed E-state index contributed by atoms with van der Waals surface area (Å²) in [5.41, 5.74) is -0.718. The normalized spacial score (nSPS) is 41.2. The Hall–Kier alpha value is -2.08. The first-order valence-electron chi connectivity index (χ1n) is 13.3. The topological polar surface area (TPSA) is 59.1 Å². The van der Waals surface area contributed by atoms with Crippen molar-refractivity contribution in [3.63, 3.8) is 0 Å². The van der Waals surface area contributed by atoms with Crippen LogP contribution >= 0.6 is 0 Å². The Labute approximate surface area is 203 Å². The molecule has 184 valence electrons. The van der Waals surface area contributed by atoms with E-state index in [1.165, 1.54) is 12.8 Å². The molecule has 1 spiro atoms. The average molecular weight is 467 g/mol. The minimum atomic E-state index is -0.802. The third kappa shape index (κ3) is 3.09. The molecule has 6 heteroatoms. The lowest BCUT2D eigenvalue weighted by Crippen LogP contribution is -2.71. The van der Waals surface area contributed by atoms with Gasteiger partial charge in [0.15, 0.2) is 5.60 Å². The molecule has 6 nitrogen and oxygen atoms in total. The van der Waals surface area contributed by atoms with Crippen LogP contribution in [0.3, 0.4) is 0 Å². The first-order valence-corrected chi connectivity index (χ1v) is 13.3. The lowest BCUT2D eigenvalue weighted by molar-refractivity contribution is -0.181. The van der Waals surface area contributed by atoms with Crippen LogP contribution < -0.4 is 0 Å². The van der Waals surface area contributed by atoms with Gasteiger partial charge in [-0.05, 0) is 64.5 Å². The fourth-order valence-electron chi connectivity index (χ4n) is 7.96. The van der Waals surface area contributed by atoms with Crippen molar-refractivity contribution in [3.05, 3.63) is 36.0 Å². The van der Waals surface area contributed by atoms with Gasteiger partial charge >= 0.3 is 12.1 Å². The summed E-state index contributed by atoms with van der Waals surface area (Å²) in [5.74, 6) is 0.180. The van der Waals surface area contributed by atoms with Crippen LogP contribution in [0.4, 0.5) is 4.79 Å². The van der Waals surface area contributed by atoms with E-state index in [1.807, 2.05) is 37.8 Å². The predicted octanol–water partition coefficient (Wildman–Crippen LogP) is 4.61. The number of hydrogen-bond acceptors (Lipinski definition) is 5. The highest BCUT2D eigenvalue weighted by atomic mass is 16.6. The monoisotopic (exact) mass is 466 g/mol. The van der Waals surface area contributed by atoms with Gasteiger partial charge in [-0.25, -0.2) is 4.79 Å². The van der Waals surface area contributed by atoms with E-state index < -0.39 is 16.6 Å². The van der Waals surface area contributed by atoms with E-state index >= 15 is 0 Å². The quantitative estimate of drug-likeness (QED) is 0.528. The smallest absolute Gasteiger partial charge is 0.410 e. The molecule has 0 N–H and O–H groups in total. The van der Waals surface area contributed by atoms with Gasteiger partial charge in [0.1, 0.15) is 11.0 Å². The maximum Gasteiger partial charge on any atom is 0.410 e. The fraction of sp³-hybridized carbons (Fsp3) is 0.714. The van der Waals surface area contributed by atoms with Crippen LogP contribution in [-0.2, 0) is 14.3 Å². The number of nitrogens with zero attached hydrogens (tertiary/aromatic N) is 2. The van der Waals surface area contributed by atoms with Crippen LogP contribution in [-0.4, -0.2) is 64.8 Å². The van der Waals surface area contributed by atoms with E-state index in [0.29, 0.717) is 6.54 Å². The predicted molar refractivity (Wildman–Crippen MR) is 129 cm³/mol. The van der Waals surface area contributed by atoms with E-state index in [9.17, 15) is 9.59 Å². The number of likely N-dealkylation sites (tertiary alicyclic amines) is 1. The van der Waals surface area contributed by atoms with Crippen molar-refractivity contribution >= 4 is 12.1 Å². The summed E-state index contributed by atoms with van der Waals surface area (Å²) >= 11 is 0. The summed E-state index contributed by atoms with van der Waals surface area (Å²) in [6, 6.07) is 0.412. The Morgan fingerprint density at radius 3 is 2.68 bits per heavy atom. The highest BCUT2D eigenvalue weighted by molar-refractivity contribution is 5.90. The average Bonchev–Trinajstić information content (AvgIpc) is 3.18. The number of esters is 1. The van der Waals surface area contributed by atoms with Crippen molar-refractivity contribution in [1.82, 2.24) is 9.80 Å². The molecule has 6 aliphatic rings. The third-order valence-corrected chi connectivity index (χ3v) is 9.25. The highest BCUT2D eigenvalue weighted by Crippen LogP contribution is 2.62. The van der Waals surface area contributed by atoms with E-state index in [-0.39, 0.29) is 36.0 Å². The van der Waals surface area contributed by atoms with Crippen molar-refractivity contribution in [2.24, 2.45) is 17.3 Å². The molecule has 0 aromatic heterocycles. The van der Waals surface area contributed by atoms with E-state index in [1.54, 1.807) is 0 Å². The van der Waals surface area contributed by atoms with Crippen LogP contribution in [0.2, 0.25) is 0 Å². The summed E-state index contributed by atoms with van der Waals surface area (Å²) < 4.78 is 12.3. The van der Waals surface area contributed by atoms with Gasteiger partial charge in [-0.3, -0.25) is 9.69 Å². The number of fused-ring (bicyclic) bond motifs is 5. The van der Waals surface area contributed by atoms with E-state index in [4.69, 9.17) is 9.47 Å². The van der Waals surface area contributed by atoms with E-state index in [2.05, 4.69) is 23.1 Å². The Balaban J connectivity index is 1.40. The van der Waals surface area contributed by atoms with Gasteiger partial charge in [-0.2, -0.15) is 0 Å².